The van der Waals surface area contributed by atoms with Gasteiger partial charge in [-0.2, -0.15) is 4.31 Å². The van der Waals surface area contributed by atoms with E-state index in [1.165, 1.54) is 23.4 Å². The highest BCUT2D eigenvalue weighted by Gasteiger charge is 2.37. The van der Waals surface area contributed by atoms with Crippen molar-refractivity contribution in [2.75, 3.05) is 5.75 Å². The third-order valence-corrected chi connectivity index (χ3v) is 6.68. The van der Waals surface area contributed by atoms with Crippen LogP contribution in [0, 0.1) is 0 Å². The van der Waals surface area contributed by atoms with Crippen molar-refractivity contribution in [2.24, 2.45) is 0 Å². The van der Waals surface area contributed by atoms with Gasteiger partial charge in [0.1, 0.15) is 11.8 Å². The number of nitrogens with zero attached hydrogens (tertiary/aromatic N) is 1. The molecule has 0 aromatic heterocycles. The van der Waals surface area contributed by atoms with Crippen LogP contribution in [-0.4, -0.2) is 36.8 Å². The molecule has 0 saturated heterocycles. The van der Waals surface area contributed by atoms with Crippen LogP contribution in [0.25, 0.3) is 0 Å². The number of nitrogens with one attached hydrogen (secondary N) is 1. The molecule has 2 aromatic rings. The maximum atomic E-state index is 12.8. The number of hydrogen-bond acceptors (Lipinski definition) is 4. The van der Waals surface area contributed by atoms with Crippen LogP contribution < -0.4 is 10.1 Å². The summed E-state index contributed by atoms with van der Waals surface area (Å²) in [4.78, 5) is 12.8. The van der Waals surface area contributed by atoms with E-state index < -0.39 is 28.3 Å². The highest BCUT2D eigenvalue weighted by molar-refractivity contribution is 7.89. The minimum absolute atomic E-state index is 0.0449. The Morgan fingerprint density at radius 1 is 1.13 bits per heavy atom. The van der Waals surface area contributed by atoms with Crippen LogP contribution in [0.15, 0.2) is 48.5 Å². The number of carbonyl (C=O) groups excluding carboxylic acids is 1. The van der Waals surface area contributed by atoms with E-state index in [1.54, 1.807) is 0 Å². The Morgan fingerprint density at radius 3 is 2.37 bits per heavy atom. The molecule has 0 spiro atoms. The van der Waals surface area contributed by atoms with E-state index in [1.807, 2.05) is 24.3 Å². The fraction of sp³-hybridized carbons (Fsp3) is 0.350. The largest absolute Gasteiger partial charge is 0.573 e. The Balaban J connectivity index is 1.71. The lowest BCUT2D eigenvalue weighted by atomic mass is 9.95. The van der Waals surface area contributed by atoms with Crippen LogP contribution >= 0.6 is 0 Å². The van der Waals surface area contributed by atoms with Crippen molar-refractivity contribution in [2.45, 2.75) is 38.8 Å². The second-order valence-electron chi connectivity index (χ2n) is 6.84. The molecule has 0 saturated carbocycles. The number of rotatable bonds is 6. The smallest absolute Gasteiger partial charge is 0.406 e. The number of alkyl halides is 3. The van der Waals surface area contributed by atoms with Crippen LogP contribution in [0.3, 0.4) is 0 Å². The van der Waals surface area contributed by atoms with Crippen LogP contribution in [-0.2, 0) is 34.3 Å². The van der Waals surface area contributed by atoms with Crippen LogP contribution in [0.4, 0.5) is 13.2 Å². The summed E-state index contributed by atoms with van der Waals surface area (Å²) in [5.41, 5.74) is 2.33. The minimum Gasteiger partial charge on any atom is -0.406 e. The number of ether oxygens (including phenoxy) is 1. The first kappa shape index (κ1) is 22.1. The van der Waals surface area contributed by atoms with Gasteiger partial charge < -0.3 is 10.1 Å². The zero-order valence-corrected chi connectivity index (χ0v) is 17.0. The lowest BCUT2D eigenvalue weighted by Crippen LogP contribution is -2.52. The molecule has 0 aliphatic carbocycles. The number of hydrogen-bond donors (Lipinski definition) is 1. The van der Waals surface area contributed by atoms with Gasteiger partial charge in [-0.3, -0.25) is 4.79 Å². The van der Waals surface area contributed by atoms with Crippen molar-refractivity contribution in [1.29, 1.82) is 0 Å². The average molecular weight is 442 g/mol. The lowest BCUT2D eigenvalue weighted by Gasteiger charge is -2.34. The standard InChI is InChI=1S/C20H21F3N2O4S/c1-2-30(27,28)25-13-16-6-4-3-5-15(16)11-18(25)19(26)24-12-14-7-9-17(10-8-14)29-20(21,22)23/h3-10,18H,2,11-13H2,1H3,(H,24,26). The summed E-state index contributed by atoms with van der Waals surface area (Å²) in [6.45, 7) is 1.69. The van der Waals surface area contributed by atoms with Crippen molar-refractivity contribution in [3.8, 4) is 5.75 Å². The van der Waals surface area contributed by atoms with E-state index >= 15 is 0 Å². The van der Waals surface area contributed by atoms with Crippen molar-refractivity contribution < 1.29 is 31.1 Å². The summed E-state index contributed by atoms with van der Waals surface area (Å²) in [6.07, 6.45) is -4.53. The van der Waals surface area contributed by atoms with Crippen molar-refractivity contribution in [1.82, 2.24) is 9.62 Å². The molecule has 162 valence electrons. The molecular formula is C20H21F3N2O4S. The zero-order chi connectivity index (χ0) is 21.9. The zero-order valence-electron chi connectivity index (χ0n) is 16.1. The Bertz CT molecular complexity index is 1010. The van der Waals surface area contributed by atoms with Crippen LogP contribution in [0.5, 0.6) is 5.75 Å². The van der Waals surface area contributed by atoms with E-state index in [0.29, 0.717) is 5.56 Å². The molecule has 10 heteroatoms. The molecule has 30 heavy (non-hydrogen) atoms. The SMILES string of the molecule is CCS(=O)(=O)N1Cc2ccccc2CC1C(=O)NCc1ccc(OC(F)(F)F)cc1. The van der Waals surface area contributed by atoms with Gasteiger partial charge in [0.15, 0.2) is 0 Å². The molecule has 1 aliphatic heterocycles. The second kappa shape index (κ2) is 8.65. The second-order valence-corrected chi connectivity index (χ2v) is 9.05. The summed E-state index contributed by atoms with van der Waals surface area (Å²) in [5.74, 6) is -0.946. The van der Waals surface area contributed by atoms with Crippen LogP contribution in [0.2, 0.25) is 0 Å². The molecule has 1 atom stereocenters. The molecule has 1 unspecified atom stereocenters. The summed E-state index contributed by atoms with van der Waals surface area (Å²) in [5, 5.41) is 2.69. The van der Waals surface area contributed by atoms with Gasteiger partial charge in [0.25, 0.3) is 0 Å². The van der Waals surface area contributed by atoms with Crippen molar-refractivity contribution in [3.63, 3.8) is 0 Å². The van der Waals surface area contributed by atoms with Gasteiger partial charge >= 0.3 is 6.36 Å². The fourth-order valence-electron chi connectivity index (χ4n) is 3.30. The highest BCUT2D eigenvalue weighted by Crippen LogP contribution is 2.26. The van der Waals surface area contributed by atoms with E-state index in [9.17, 15) is 26.4 Å². The maximum absolute atomic E-state index is 12.8. The molecule has 1 aliphatic rings. The summed E-state index contributed by atoms with van der Waals surface area (Å²) in [6, 6.07) is 11.6. The third-order valence-electron chi connectivity index (χ3n) is 4.85. The number of amides is 1. The number of carbonyl (C=O) groups is 1. The predicted molar refractivity (Wildman–Crippen MR) is 104 cm³/mol. The Labute approximate surface area is 172 Å². The van der Waals surface area contributed by atoms with E-state index in [4.69, 9.17) is 0 Å². The first-order valence-electron chi connectivity index (χ1n) is 9.28. The molecule has 0 bridgehead atoms. The minimum atomic E-state index is -4.78. The van der Waals surface area contributed by atoms with Gasteiger partial charge in [-0.1, -0.05) is 36.4 Å². The topological polar surface area (TPSA) is 75.7 Å². The first-order chi connectivity index (χ1) is 14.1. The van der Waals surface area contributed by atoms with Gasteiger partial charge in [-0.15, -0.1) is 13.2 Å². The molecule has 1 amide bonds. The predicted octanol–water partition coefficient (Wildman–Crippen LogP) is 2.98. The van der Waals surface area contributed by atoms with E-state index in [0.717, 1.165) is 23.3 Å². The van der Waals surface area contributed by atoms with Gasteiger partial charge in [0, 0.05) is 13.1 Å². The molecule has 1 N–H and O–H groups in total. The van der Waals surface area contributed by atoms with Crippen LogP contribution in [0.1, 0.15) is 23.6 Å². The molecule has 2 aromatic carbocycles. The quantitative estimate of drug-likeness (QED) is 0.747. The monoisotopic (exact) mass is 442 g/mol. The number of benzene rings is 2. The Hall–Kier alpha value is -2.59. The first-order valence-corrected chi connectivity index (χ1v) is 10.9. The molecule has 0 fully saturated rings. The van der Waals surface area contributed by atoms with Gasteiger partial charge in [0.2, 0.25) is 15.9 Å². The number of halogens is 3. The average Bonchev–Trinajstić information content (AvgIpc) is 2.71. The van der Waals surface area contributed by atoms with Gasteiger partial charge in [-0.25, -0.2) is 8.42 Å². The fourth-order valence-corrected chi connectivity index (χ4v) is 4.52. The molecule has 0 radical (unpaired) electrons. The van der Waals surface area contributed by atoms with Crippen molar-refractivity contribution >= 4 is 15.9 Å². The molecule has 3 rings (SSSR count). The summed E-state index contributed by atoms with van der Waals surface area (Å²) >= 11 is 0. The van der Waals surface area contributed by atoms with Gasteiger partial charge in [-0.05, 0) is 42.2 Å². The normalized spacial score (nSPS) is 17.3. The third kappa shape index (κ3) is 5.31. The number of sulfonamides is 1. The summed E-state index contributed by atoms with van der Waals surface area (Å²) < 4.78 is 66.8. The van der Waals surface area contributed by atoms with E-state index in [-0.39, 0.29) is 31.0 Å². The Kier molecular flexibility index (Phi) is 6.37. The molecular weight excluding hydrogens is 421 g/mol. The molecule has 1 heterocycles. The van der Waals surface area contributed by atoms with Gasteiger partial charge in [0.05, 0.1) is 5.75 Å². The van der Waals surface area contributed by atoms with Crippen molar-refractivity contribution in [3.05, 3.63) is 65.2 Å². The Morgan fingerprint density at radius 2 is 1.77 bits per heavy atom. The number of fused-ring (bicyclic) bond motifs is 1. The highest BCUT2D eigenvalue weighted by atomic mass is 32.2. The maximum Gasteiger partial charge on any atom is 0.573 e. The van der Waals surface area contributed by atoms with E-state index in [2.05, 4.69) is 10.1 Å². The molecule has 6 nitrogen and oxygen atoms in total. The lowest BCUT2D eigenvalue weighted by molar-refractivity contribution is -0.274. The summed E-state index contributed by atoms with van der Waals surface area (Å²) in [7, 11) is -3.61.